The van der Waals surface area contributed by atoms with Crippen LogP contribution in [0.25, 0.3) is 4.83 Å². The summed E-state index contributed by atoms with van der Waals surface area (Å²) >= 11 is 1.58. The third-order valence-electron chi connectivity index (χ3n) is 3.22. The maximum absolute atomic E-state index is 11.3. The SMILES string of the molecule is O=C(O)c1c(C2CCCC2)sc2cncn12. The molecule has 5 heteroatoms. The second kappa shape index (κ2) is 3.59. The molecule has 0 aromatic carbocycles. The Morgan fingerprint density at radius 3 is 2.94 bits per heavy atom. The van der Waals surface area contributed by atoms with E-state index in [-0.39, 0.29) is 0 Å². The number of aromatic carboxylic acids is 1. The van der Waals surface area contributed by atoms with Gasteiger partial charge in [0.25, 0.3) is 0 Å². The highest BCUT2D eigenvalue weighted by atomic mass is 32.1. The number of fused-ring (bicyclic) bond motifs is 1. The second-order valence-corrected chi connectivity index (χ2v) is 5.27. The van der Waals surface area contributed by atoms with Crippen molar-refractivity contribution in [2.75, 3.05) is 0 Å². The van der Waals surface area contributed by atoms with Gasteiger partial charge >= 0.3 is 5.97 Å². The number of carboxylic acid groups (broad SMARTS) is 1. The Labute approximate surface area is 96.5 Å². The molecule has 16 heavy (non-hydrogen) atoms. The highest BCUT2D eigenvalue weighted by Crippen LogP contribution is 2.40. The van der Waals surface area contributed by atoms with Crippen molar-refractivity contribution in [1.29, 1.82) is 0 Å². The molecule has 0 aliphatic heterocycles. The molecule has 0 unspecified atom stereocenters. The van der Waals surface area contributed by atoms with Crippen LogP contribution >= 0.6 is 11.3 Å². The Morgan fingerprint density at radius 2 is 2.25 bits per heavy atom. The van der Waals surface area contributed by atoms with Crippen molar-refractivity contribution in [3.63, 3.8) is 0 Å². The van der Waals surface area contributed by atoms with Gasteiger partial charge in [-0.15, -0.1) is 11.3 Å². The van der Waals surface area contributed by atoms with Crippen LogP contribution in [0.2, 0.25) is 0 Å². The molecule has 0 amide bonds. The molecule has 0 bridgehead atoms. The van der Waals surface area contributed by atoms with Crippen LogP contribution in [0.1, 0.15) is 47.0 Å². The first-order valence-corrected chi connectivity index (χ1v) is 6.27. The zero-order chi connectivity index (χ0) is 11.1. The second-order valence-electron chi connectivity index (χ2n) is 4.20. The van der Waals surface area contributed by atoms with Gasteiger partial charge in [0.15, 0.2) is 0 Å². The molecule has 1 aliphatic rings. The monoisotopic (exact) mass is 236 g/mol. The molecule has 0 radical (unpaired) electrons. The number of aromatic nitrogens is 2. The van der Waals surface area contributed by atoms with Crippen molar-refractivity contribution in [2.24, 2.45) is 0 Å². The van der Waals surface area contributed by atoms with Gasteiger partial charge in [0.2, 0.25) is 0 Å². The van der Waals surface area contributed by atoms with Gasteiger partial charge in [0, 0.05) is 4.88 Å². The molecular weight excluding hydrogens is 224 g/mol. The Kier molecular flexibility index (Phi) is 2.21. The summed E-state index contributed by atoms with van der Waals surface area (Å²) in [5.41, 5.74) is 0.421. The van der Waals surface area contributed by atoms with Crippen molar-refractivity contribution in [3.05, 3.63) is 23.1 Å². The largest absolute Gasteiger partial charge is 0.477 e. The highest BCUT2D eigenvalue weighted by Gasteiger charge is 2.27. The summed E-state index contributed by atoms with van der Waals surface area (Å²) in [7, 11) is 0. The van der Waals surface area contributed by atoms with Gasteiger partial charge in [-0.25, -0.2) is 9.78 Å². The number of hydrogen-bond acceptors (Lipinski definition) is 3. The van der Waals surface area contributed by atoms with Crippen molar-refractivity contribution in [3.8, 4) is 0 Å². The van der Waals surface area contributed by atoms with E-state index in [4.69, 9.17) is 0 Å². The smallest absolute Gasteiger partial charge is 0.354 e. The average Bonchev–Trinajstić information content (AvgIpc) is 2.92. The average molecular weight is 236 g/mol. The van der Waals surface area contributed by atoms with Gasteiger partial charge in [0.05, 0.1) is 6.20 Å². The van der Waals surface area contributed by atoms with Crippen LogP contribution in [0.4, 0.5) is 0 Å². The molecule has 1 saturated carbocycles. The number of carboxylic acids is 1. The number of carbonyl (C=O) groups is 1. The molecule has 2 heterocycles. The fourth-order valence-corrected chi connectivity index (χ4v) is 3.74. The van der Waals surface area contributed by atoms with Gasteiger partial charge in [-0.2, -0.15) is 0 Å². The molecule has 2 aromatic rings. The van der Waals surface area contributed by atoms with Gasteiger partial charge < -0.3 is 5.11 Å². The lowest BCUT2D eigenvalue weighted by molar-refractivity contribution is 0.0688. The van der Waals surface area contributed by atoms with Gasteiger partial charge in [0.1, 0.15) is 16.9 Å². The van der Waals surface area contributed by atoms with Crippen LogP contribution < -0.4 is 0 Å². The van der Waals surface area contributed by atoms with Crippen LogP contribution in [0, 0.1) is 0 Å². The van der Waals surface area contributed by atoms with E-state index in [2.05, 4.69) is 4.98 Å². The third-order valence-corrected chi connectivity index (χ3v) is 4.48. The van der Waals surface area contributed by atoms with E-state index >= 15 is 0 Å². The van der Waals surface area contributed by atoms with Crippen molar-refractivity contribution in [1.82, 2.24) is 9.38 Å². The number of thiazole rings is 1. The van der Waals surface area contributed by atoms with E-state index in [1.54, 1.807) is 28.3 Å². The summed E-state index contributed by atoms with van der Waals surface area (Å²) in [5, 5.41) is 9.29. The standard InChI is InChI=1S/C11H12N2O2S/c14-11(15)9-10(7-3-1-2-4-7)16-8-5-12-6-13(8)9/h5-7H,1-4H2,(H,14,15). The van der Waals surface area contributed by atoms with E-state index in [1.165, 1.54) is 12.8 Å². The predicted molar refractivity (Wildman–Crippen MR) is 61.2 cm³/mol. The molecule has 1 N–H and O–H groups in total. The van der Waals surface area contributed by atoms with E-state index < -0.39 is 5.97 Å². The Balaban J connectivity index is 2.18. The summed E-state index contributed by atoms with van der Waals surface area (Å²) in [6.07, 6.45) is 8.00. The zero-order valence-corrected chi connectivity index (χ0v) is 9.54. The Bertz CT molecular complexity index is 537. The van der Waals surface area contributed by atoms with Crippen molar-refractivity contribution >= 4 is 22.1 Å². The quantitative estimate of drug-likeness (QED) is 0.872. The third kappa shape index (κ3) is 1.35. The summed E-state index contributed by atoms with van der Waals surface area (Å²) < 4.78 is 1.70. The Morgan fingerprint density at radius 1 is 1.50 bits per heavy atom. The van der Waals surface area contributed by atoms with Crippen molar-refractivity contribution < 1.29 is 9.90 Å². The normalized spacial score (nSPS) is 17.2. The lowest BCUT2D eigenvalue weighted by Crippen LogP contribution is -2.06. The van der Waals surface area contributed by atoms with Gasteiger partial charge in [-0.1, -0.05) is 12.8 Å². The first kappa shape index (κ1) is 9.84. The fourth-order valence-electron chi connectivity index (χ4n) is 2.48. The first-order valence-electron chi connectivity index (χ1n) is 5.45. The van der Waals surface area contributed by atoms with E-state index in [0.717, 1.165) is 22.5 Å². The minimum absolute atomic E-state index is 0.421. The molecule has 2 aromatic heterocycles. The maximum atomic E-state index is 11.3. The molecule has 1 aliphatic carbocycles. The van der Waals surface area contributed by atoms with E-state index in [9.17, 15) is 9.90 Å². The summed E-state index contributed by atoms with van der Waals surface area (Å²) in [6, 6.07) is 0. The minimum atomic E-state index is -0.842. The fraction of sp³-hybridized carbons (Fsp3) is 0.455. The molecule has 0 saturated heterocycles. The van der Waals surface area contributed by atoms with Gasteiger partial charge in [-0.3, -0.25) is 4.40 Å². The molecular formula is C11H12N2O2S. The molecule has 0 atom stereocenters. The molecule has 0 spiro atoms. The molecule has 3 rings (SSSR count). The summed E-state index contributed by atoms with van der Waals surface area (Å²) in [4.78, 5) is 17.3. The number of hydrogen-bond donors (Lipinski definition) is 1. The predicted octanol–water partition coefficient (Wildman–Crippen LogP) is 2.75. The summed E-state index contributed by atoms with van der Waals surface area (Å²) in [5.74, 6) is -0.401. The van der Waals surface area contributed by atoms with Crippen LogP contribution in [0.5, 0.6) is 0 Å². The topological polar surface area (TPSA) is 54.6 Å². The molecule has 84 valence electrons. The Hall–Kier alpha value is -1.36. The van der Waals surface area contributed by atoms with E-state index in [1.807, 2.05) is 0 Å². The maximum Gasteiger partial charge on any atom is 0.354 e. The summed E-state index contributed by atoms with van der Waals surface area (Å²) in [6.45, 7) is 0. The van der Waals surface area contributed by atoms with Crippen LogP contribution in [0.3, 0.4) is 0 Å². The molecule has 1 fully saturated rings. The lowest BCUT2D eigenvalue weighted by Gasteiger charge is -2.06. The highest BCUT2D eigenvalue weighted by molar-refractivity contribution is 7.17. The lowest BCUT2D eigenvalue weighted by atomic mass is 10.0. The van der Waals surface area contributed by atoms with Crippen LogP contribution in [-0.2, 0) is 0 Å². The van der Waals surface area contributed by atoms with Crippen molar-refractivity contribution in [2.45, 2.75) is 31.6 Å². The number of nitrogens with zero attached hydrogens (tertiary/aromatic N) is 2. The number of rotatable bonds is 2. The van der Waals surface area contributed by atoms with Gasteiger partial charge in [-0.05, 0) is 18.8 Å². The zero-order valence-electron chi connectivity index (χ0n) is 8.72. The number of imidazole rings is 1. The van der Waals surface area contributed by atoms with E-state index in [0.29, 0.717) is 11.6 Å². The van der Waals surface area contributed by atoms with Crippen LogP contribution in [0.15, 0.2) is 12.5 Å². The first-order chi connectivity index (χ1) is 7.77. The minimum Gasteiger partial charge on any atom is -0.477 e. The van der Waals surface area contributed by atoms with Crippen LogP contribution in [-0.4, -0.2) is 20.5 Å². The molecule has 4 nitrogen and oxygen atoms in total.